The Hall–Kier alpha value is -3.35. The summed E-state index contributed by atoms with van der Waals surface area (Å²) in [6.45, 7) is 0. The maximum Gasteiger partial charge on any atom is 0.257 e. The first-order valence-electron chi connectivity index (χ1n) is 7.50. The lowest BCUT2D eigenvalue weighted by atomic mass is 10.1. The Kier molecular flexibility index (Phi) is 4.65. The van der Waals surface area contributed by atoms with Crippen LogP contribution in [0.5, 0.6) is 17.2 Å². The zero-order chi connectivity index (χ0) is 17.8. The van der Waals surface area contributed by atoms with Crippen molar-refractivity contribution in [3.8, 4) is 28.6 Å². The van der Waals surface area contributed by atoms with E-state index in [-0.39, 0.29) is 5.91 Å². The molecule has 7 heteroatoms. The Balaban J connectivity index is 1.91. The molecule has 1 amide bonds. The number of hydrogen-bond acceptors (Lipinski definition) is 5. The summed E-state index contributed by atoms with van der Waals surface area (Å²) in [5, 5.41) is 2.83. The van der Waals surface area contributed by atoms with Crippen LogP contribution in [0.2, 0.25) is 0 Å². The molecule has 0 radical (unpaired) electrons. The molecule has 0 spiro atoms. The summed E-state index contributed by atoms with van der Waals surface area (Å²) < 4.78 is 21.2. The second-order valence-corrected chi connectivity index (χ2v) is 5.13. The van der Waals surface area contributed by atoms with Crippen LogP contribution in [0.25, 0.3) is 11.3 Å². The molecule has 0 bridgehead atoms. The minimum absolute atomic E-state index is 0.290. The van der Waals surface area contributed by atoms with Gasteiger partial charge in [0.25, 0.3) is 5.91 Å². The number of carbonyl (C=O) groups is 1. The fraction of sp³-hybridized carbons (Fsp3) is 0.167. The summed E-state index contributed by atoms with van der Waals surface area (Å²) in [4.78, 5) is 15.6. The molecule has 1 aromatic carbocycles. The number of aromatic nitrogens is 1. The van der Waals surface area contributed by atoms with Crippen molar-refractivity contribution in [2.75, 3.05) is 26.6 Å². The van der Waals surface area contributed by atoms with E-state index >= 15 is 0 Å². The van der Waals surface area contributed by atoms with Gasteiger partial charge in [0.2, 0.25) is 5.75 Å². The molecule has 2 aromatic heterocycles. The predicted octanol–water partition coefficient (Wildman–Crippen LogP) is 3.55. The number of nitrogens with one attached hydrogen (secondary N) is 2. The summed E-state index contributed by atoms with van der Waals surface area (Å²) >= 11 is 0. The van der Waals surface area contributed by atoms with Gasteiger partial charge < -0.3 is 28.9 Å². The van der Waals surface area contributed by atoms with E-state index in [9.17, 15) is 4.79 Å². The summed E-state index contributed by atoms with van der Waals surface area (Å²) in [5.41, 5.74) is 1.66. The third-order valence-electron chi connectivity index (χ3n) is 3.70. The van der Waals surface area contributed by atoms with Crippen LogP contribution >= 0.6 is 0 Å². The Morgan fingerprint density at radius 1 is 1.08 bits per heavy atom. The standard InChI is InChI=1S/C18H18N2O5/c1-22-15-7-11(8-16(23-2)17(15)24-3)20-18(21)13-10-19-9-12(13)14-5-4-6-25-14/h4-10,19H,1-3H3,(H,20,21). The zero-order valence-electron chi connectivity index (χ0n) is 14.1. The minimum Gasteiger partial charge on any atom is -0.493 e. The molecule has 2 N–H and O–H groups in total. The number of aromatic amines is 1. The van der Waals surface area contributed by atoms with E-state index in [0.717, 1.165) is 0 Å². The summed E-state index contributed by atoms with van der Waals surface area (Å²) in [7, 11) is 4.56. The van der Waals surface area contributed by atoms with Crippen molar-refractivity contribution in [1.29, 1.82) is 0 Å². The summed E-state index contributed by atoms with van der Waals surface area (Å²) in [6, 6.07) is 6.89. The lowest BCUT2D eigenvalue weighted by molar-refractivity contribution is 0.102. The number of H-pyrrole nitrogens is 1. The van der Waals surface area contributed by atoms with E-state index in [2.05, 4.69) is 10.3 Å². The maximum atomic E-state index is 12.7. The third-order valence-corrected chi connectivity index (χ3v) is 3.70. The molecular formula is C18H18N2O5. The van der Waals surface area contributed by atoms with Crippen LogP contribution in [-0.4, -0.2) is 32.2 Å². The van der Waals surface area contributed by atoms with Gasteiger partial charge in [-0.25, -0.2) is 0 Å². The molecule has 2 heterocycles. The Labute approximate surface area is 144 Å². The number of carbonyl (C=O) groups excluding carboxylic acids is 1. The van der Waals surface area contributed by atoms with Gasteiger partial charge in [0.15, 0.2) is 11.5 Å². The molecule has 3 aromatic rings. The van der Waals surface area contributed by atoms with Crippen molar-refractivity contribution in [1.82, 2.24) is 4.98 Å². The molecule has 25 heavy (non-hydrogen) atoms. The van der Waals surface area contributed by atoms with Crippen LogP contribution in [0.4, 0.5) is 5.69 Å². The summed E-state index contributed by atoms with van der Waals surface area (Å²) in [6.07, 6.45) is 4.89. The van der Waals surface area contributed by atoms with Gasteiger partial charge >= 0.3 is 0 Å². The van der Waals surface area contributed by atoms with Crippen molar-refractivity contribution in [3.63, 3.8) is 0 Å². The van der Waals surface area contributed by atoms with Crippen LogP contribution in [-0.2, 0) is 0 Å². The Morgan fingerprint density at radius 2 is 1.80 bits per heavy atom. The molecular weight excluding hydrogens is 324 g/mol. The number of hydrogen-bond donors (Lipinski definition) is 2. The van der Waals surface area contributed by atoms with Crippen LogP contribution in [0, 0.1) is 0 Å². The number of rotatable bonds is 6. The number of amides is 1. The van der Waals surface area contributed by atoms with Crippen molar-refractivity contribution in [2.24, 2.45) is 0 Å². The third kappa shape index (κ3) is 3.16. The molecule has 0 fully saturated rings. The lowest BCUT2D eigenvalue weighted by Crippen LogP contribution is -2.12. The highest BCUT2D eigenvalue weighted by atomic mass is 16.5. The second kappa shape index (κ2) is 7.04. The first-order valence-corrected chi connectivity index (χ1v) is 7.50. The normalized spacial score (nSPS) is 10.4. The average molecular weight is 342 g/mol. The predicted molar refractivity (Wildman–Crippen MR) is 92.5 cm³/mol. The van der Waals surface area contributed by atoms with Gasteiger partial charge in [-0.2, -0.15) is 0 Å². The van der Waals surface area contributed by atoms with Crippen molar-refractivity contribution in [3.05, 3.63) is 48.5 Å². The highest BCUT2D eigenvalue weighted by molar-refractivity contribution is 6.08. The first-order chi connectivity index (χ1) is 12.2. The van der Waals surface area contributed by atoms with Crippen LogP contribution < -0.4 is 19.5 Å². The summed E-state index contributed by atoms with van der Waals surface area (Å²) in [5.74, 6) is 1.69. The van der Waals surface area contributed by atoms with E-state index < -0.39 is 0 Å². The molecule has 0 unspecified atom stereocenters. The second-order valence-electron chi connectivity index (χ2n) is 5.13. The largest absolute Gasteiger partial charge is 0.493 e. The topological polar surface area (TPSA) is 85.7 Å². The number of furan rings is 1. The minimum atomic E-state index is -0.290. The molecule has 0 aliphatic carbocycles. The van der Waals surface area contributed by atoms with E-state index in [1.807, 2.05) is 0 Å². The Bertz CT molecular complexity index is 842. The fourth-order valence-electron chi connectivity index (χ4n) is 2.54. The molecule has 0 aliphatic heterocycles. The molecule has 0 aliphatic rings. The van der Waals surface area contributed by atoms with Crippen LogP contribution in [0.1, 0.15) is 10.4 Å². The number of benzene rings is 1. The average Bonchev–Trinajstić information content (AvgIpc) is 3.31. The van der Waals surface area contributed by atoms with E-state index in [1.54, 1.807) is 42.9 Å². The number of ether oxygens (including phenoxy) is 3. The monoisotopic (exact) mass is 342 g/mol. The fourth-order valence-corrected chi connectivity index (χ4v) is 2.54. The van der Waals surface area contributed by atoms with Gasteiger partial charge in [0.1, 0.15) is 5.76 Å². The van der Waals surface area contributed by atoms with E-state index in [0.29, 0.717) is 39.8 Å². The van der Waals surface area contributed by atoms with Gasteiger partial charge in [-0.05, 0) is 12.1 Å². The van der Waals surface area contributed by atoms with Gasteiger partial charge in [-0.15, -0.1) is 0 Å². The lowest BCUT2D eigenvalue weighted by Gasteiger charge is -2.14. The van der Waals surface area contributed by atoms with Crippen molar-refractivity contribution < 1.29 is 23.4 Å². The molecule has 130 valence electrons. The molecule has 7 nitrogen and oxygen atoms in total. The van der Waals surface area contributed by atoms with Gasteiger partial charge in [0, 0.05) is 35.8 Å². The Morgan fingerprint density at radius 3 is 2.36 bits per heavy atom. The van der Waals surface area contributed by atoms with Gasteiger partial charge in [-0.3, -0.25) is 4.79 Å². The van der Waals surface area contributed by atoms with Crippen molar-refractivity contribution >= 4 is 11.6 Å². The van der Waals surface area contributed by atoms with Crippen LogP contribution in [0.3, 0.4) is 0 Å². The molecule has 0 saturated heterocycles. The van der Waals surface area contributed by atoms with E-state index in [4.69, 9.17) is 18.6 Å². The highest BCUT2D eigenvalue weighted by Gasteiger charge is 2.18. The number of anilines is 1. The molecule has 0 saturated carbocycles. The molecule has 3 rings (SSSR count). The SMILES string of the molecule is COc1cc(NC(=O)c2c[nH]cc2-c2ccco2)cc(OC)c1OC. The molecule has 0 atom stereocenters. The van der Waals surface area contributed by atoms with E-state index in [1.165, 1.54) is 21.3 Å². The van der Waals surface area contributed by atoms with Crippen LogP contribution in [0.15, 0.2) is 47.3 Å². The van der Waals surface area contributed by atoms with Crippen molar-refractivity contribution in [2.45, 2.75) is 0 Å². The van der Waals surface area contributed by atoms with Gasteiger partial charge in [0.05, 0.1) is 33.2 Å². The smallest absolute Gasteiger partial charge is 0.257 e. The zero-order valence-corrected chi connectivity index (χ0v) is 14.1. The highest BCUT2D eigenvalue weighted by Crippen LogP contribution is 2.40. The van der Waals surface area contributed by atoms with Gasteiger partial charge in [-0.1, -0.05) is 0 Å². The maximum absolute atomic E-state index is 12.7. The quantitative estimate of drug-likeness (QED) is 0.715. The first kappa shape index (κ1) is 16.5. The number of methoxy groups -OCH3 is 3.